The molecule has 0 radical (unpaired) electrons. The number of nitrogens with zero attached hydrogens (tertiary/aromatic N) is 2. The molecule has 0 aliphatic heterocycles. The topological polar surface area (TPSA) is 58.5 Å². The van der Waals surface area contributed by atoms with Gasteiger partial charge in [0.15, 0.2) is 5.96 Å². The first kappa shape index (κ1) is 22.6. The molecule has 2 rings (SSSR count). The van der Waals surface area contributed by atoms with E-state index in [0.29, 0.717) is 29.8 Å². The van der Waals surface area contributed by atoms with E-state index < -0.39 is 0 Å². The fraction of sp³-hybridized carbons (Fsp3) is 0.333. The number of nitrogens with one attached hydrogen (secondary N) is 2. The highest BCUT2D eigenvalue weighted by Gasteiger charge is 2.04. The molecule has 0 amide bonds. The van der Waals surface area contributed by atoms with Crippen molar-refractivity contribution in [2.45, 2.75) is 19.6 Å². The highest BCUT2D eigenvalue weighted by molar-refractivity contribution is 14.0. The number of aromatic nitrogens is 1. The van der Waals surface area contributed by atoms with Crippen LogP contribution in [-0.4, -0.2) is 31.6 Å². The quantitative estimate of drug-likeness (QED) is 0.269. The Morgan fingerprint density at radius 2 is 2.00 bits per heavy atom. The van der Waals surface area contributed by atoms with Gasteiger partial charge in [-0.25, -0.2) is 9.37 Å². The van der Waals surface area contributed by atoms with Gasteiger partial charge in [0.1, 0.15) is 11.0 Å². The first-order valence-corrected chi connectivity index (χ1v) is 8.31. The lowest BCUT2D eigenvalue weighted by Gasteiger charge is -2.13. The van der Waals surface area contributed by atoms with Crippen LogP contribution >= 0.6 is 35.6 Å². The number of rotatable bonds is 7. The minimum absolute atomic E-state index is 0. The number of pyridine rings is 1. The molecule has 0 unspecified atom stereocenters. The van der Waals surface area contributed by atoms with E-state index in [4.69, 9.17) is 16.3 Å². The van der Waals surface area contributed by atoms with Gasteiger partial charge in [0.25, 0.3) is 0 Å². The van der Waals surface area contributed by atoms with E-state index in [2.05, 4.69) is 20.6 Å². The normalized spacial score (nSPS) is 11.0. The summed E-state index contributed by atoms with van der Waals surface area (Å²) in [6.45, 7) is 1.50. The van der Waals surface area contributed by atoms with Gasteiger partial charge >= 0.3 is 0 Å². The lowest BCUT2D eigenvalue weighted by Crippen LogP contribution is -2.37. The Morgan fingerprint density at radius 3 is 2.65 bits per heavy atom. The smallest absolute Gasteiger partial charge is 0.191 e. The molecule has 0 aliphatic rings. The van der Waals surface area contributed by atoms with Crippen molar-refractivity contribution in [2.24, 2.45) is 4.99 Å². The van der Waals surface area contributed by atoms with Crippen LogP contribution in [0.15, 0.2) is 41.5 Å². The Morgan fingerprint density at radius 1 is 1.23 bits per heavy atom. The van der Waals surface area contributed by atoms with E-state index in [1.54, 1.807) is 38.6 Å². The highest BCUT2D eigenvalue weighted by atomic mass is 127. The van der Waals surface area contributed by atoms with E-state index in [1.165, 1.54) is 6.07 Å². The van der Waals surface area contributed by atoms with Crippen molar-refractivity contribution in [3.05, 3.63) is 64.2 Å². The minimum atomic E-state index is -0.260. The monoisotopic (exact) mass is 492 g/mol. The summed E-state index contributed by atoms with van der Waals surface area (Å²) in [4.78, 5) is 8.24. The number of halogens is 3. The van der Waals surface area contributed by atoms with Gasteiger partial charge in [0.2, 0.25) is 0 Å². The lowest BCUT2D eigenvalue weighted by atomic mass is 10.1. The summed E-state index contributed by atoms with van der Waals surface area (Å²) in [6.07, 6.45) is 2.56. The predicted octanol–water partition coefficient (Wildman–Crippen LogP) is 3.55. The van der Waals surface area contributed by atoms with Gasteiger partial charge < -0.3 is 15.4 Å². The summed E-state index contributed by atoms with van der Waals surface area (Å²) in [5.74, 6) is 0.421. The molecular formula is C18H23ClFIN4O. The number of methoxy groups -OCH3 is 1. The molecule has 0 spiro atoms. The van der Waals surface area contributed by atoms with Gasteiger partial charge in [-0.05, 0) is 35.7 Å². The third-order valence-corrected chi connectivity index (χ3v) is 3.81. The maximum Gasteiger partial charge on any atom is 0.191 e. The molecule has 2 N–H and O–H groups in total. The van der Waals surface area contributed by atoms with Crippen molar-refractivity contribution in [1.29, 1.82) is 0 Å². The maximum atomic E-state index is 13.6. The maximum absolute atomic E-state index is 13.6. The van der Waals surface area contributed by atoms with Crippen LogP contribution in [0.4, 0.5) is 4.39 Å². The van der Waals surface area contributed by atoms with E-state index in [0.717, 1.165) is 17.5 Å². The van der Waals surface area contributed by atoms with E-state index in [-0.39, 0.29) is 36.4 Å². The molecular weight excluding hydrogens is 470 g/mol. The zero-order valence-corrected chi connectivity index (χ0v) is 17.8. The average molecular weight is 493 g/mol. The van der Waals surface area contributed by atoms with E-state index in [1.807, 2.05) is 6.07 Å². The van der Waals surface area contributed by atoms with Crippen molar-refractivity contribution in [2.75, 3.05) is 20.7 Å². The Bertz CT molecular complexity index is 713. The van der Waals surface area contributed by atoms with Crippen molar-refractivity contribution in [1.82, 2.24) is 15.6 Å². The summed E-state index contributed by atoms with van der Waals surface area (Å²) < 4.78 is 18.6. The van der Waals surface area contributed by atoms with Gasteiger partial charge in [-0.2, -0.15) is 0 Å². The molecule has 5 nitrogen and oxygen atoms in total. The zero-order chi connectivity index (χ0) is 18.1. The van der Waals surface area contributed by atoms with Crippen LogP contribution in [0, 0.1) is 5.82 Å². The van der Waals surface area contributed by atoms with E-state index in [9.17, 15) is 4.39 Å². The number of ether oxygens (including phenoxy) is 1. The van der Waals surface area contributed by atoms with Gasteiger partial charge in [-0.15, -0.1) is 24.0 Å². The second kappa shape index (κ2) is 12.0. The standard InChI is InChI=1S/C18H22ClFN4O.HI/c1-21-18(22-8-7-13-4-6-17(19)23-10-13)24-11-14-3-5-16(20)15(9-14)12-25-2;/h3-6,9-10H,7-8,11-12H2,1-2H3,(H2,21,22,24);1H. The average Bonchev–Trinajstić information content (AvgIpc) is 2.62. The first-order chi connectivity index (χ1) is 12.1. The van der Waals surface area contributed by atoms with Crippen LogP contribution < -0.4 is 10.6 Å². The summed E-state index contributed by atoms with van der Waals surface area (Å²) in [6, 6.07) is 8.71. The van der Waals surface area contributed by atoms with Crippen LogP contribution in [0.25, 0.3) is 0 Å². The minimum Gasteiger partial charge on any atom is -0.380 e. The number of hydrogen-bond donors (Lipinski definition) is 2. The summed E-state index contributed by atoms with van der Waals surface area (Å²) in [7, 11) is 3.26. The highest BCUT2D eigenvalue weighted by Crippen LogP contribution is 2.11. The van der Waals surface area contributed by atoms with Gasteiger partial charge in [0, 0.05) is 39.0 Å². The molecule has 1 aromatic carbocycles. The third-order valence-electron chi connectivity index (χ3n) is 3.59. The summed E-state index contributed by atoms with van der Waals surface area (Å²) in [5, 5.41) is 6.93. The number of aliphatic imine (C=N–C) groups is 1. The largest absolute Gasteiger partial charge is 0.380 e. The van der Waals surface area contributed by atoms with Crippen molar-refractivity contribution >= 4 is 41.5 Å². The molecule has 0 saturated heterocycles. The Balaban J connectivity index is 0.00000338. The van der Waals surface area contributed by atoms with Crippen LogP contribution in [0.1, 0.15) is 16.7 Å². The van der Waals surface area contributed by atoms with Crippen LogP contribution in [0.5, 0.6) is 0 Å². The molecule has 8 heteroatoms. The molecule has 142 valence electrons. The molecule has 0 aliphatic carbocycles. The van der Waals surface area contributed by atoms with Gasteiger partial charge in [-0.3, -0.25) is 4.99 Å². The molecule has 0 saturated carbocycles. The Labute approximate surface area is 175 Å². The Hall–Kier alpha value is -1.45. The van der Waals surface area contributed by atoms with Crippen molar-refractivity contribution in [3.63, 3.8) is 0 Å². The molecule has 1 heterocycles. The number of hydrogen-bond acceptors (Lipinski definition) is 3. The van der Waals surface area contributed by atoms with Gasteiger partial charge in [-0.1, -0.05) is 23.7 Å². The van der Waals surface area contributed by atoms with Crippen LogP contribution in [0.3, 0.4) is 0 Å². The number of guanidine groups is 1. The van der Waals surface area contributed by atoms with Crippen molar-refractivity contribution in [3.8, 4) is 0 Å². The molecule has 1 aromatic heterocycles. The SMILES string of the molecule is CN=C(NCCc1ccc(Cl)nc1)NCc1ccc(F)c(COC)c1.I. The molecule has 0 fully saturated rings. The van der Waals surface area contributed by atoms with Gasteiger partial charge in [0.05, 0.1) is 6.61 Å². The first-order valence-electron chi connectivity index (χ1n) is 7.93. The van der Waals surface area contributed by atoms with E-state index >= 15 is 0 Å². The molecule has 0 atom stereocenters. The fourth-order valence-electron chi connectivity index (χ4n) is 2.29. The molecule has 0 bridgehead atoms. The van der Waals surface area contributed by atoms with Crippen LogP contribution in [-0.2, 0) is 24.3 Å². The van der Waals surface area contributed by atoms with Crippen molar-refractivity contribution < 1.29 is 9.13 Å². The fourth-order valence-corrected chi connectivity index (χ4v) is 2.40. The molecule has 2 aromatic rings. The van der Waals surface area contributed by atoms with Crippen LogP contribution in [0.2, 0.25) is 5.15 Å². The summed E-state index contributed by atoms with van der Waals surface area (Å²) in [5.41, 5.74) is 2.59. The Kier molecular flexibility index (Phi) is 10.5. The second-order valence-electron chi connectivity index (χ2n) is 5.45. The number of benzene rings is 1. The lowest BCUT2D eigenvalue weighted by molar-refractivity contribution is 0.181. The zero-order valence-electron chi connectivity index (χ0n) is 14.8. The summed E-state index contributed by atoms with van der Waals surface area (Å²) >= 11 is 5.77. The molecule has 26 heavy (non-hydrogen) atoms. The second-order valence-corrected chi connectivity index (χ2v) is 5.84. The predicted molar refractivity (Wildman–Crippen MR) is 114 cm³/mol. The third kappa shape index (κ3) is 7.43.